The Hall–Kier alpha value is -1.55. The Kier molecular flexibility index (Phi) is 6.15. The van der Waals surface area contributed by atoms with E-state index in [1.807, 2.05) is 0 Å². The molecule has 138 valence electrons. The molecule has 0 aliphatic carbocycles. The molecule has 5 nitrogen and oxygen atoms in total. The van der Waals surface area contributed by atoms with Crippen LogP contribution in [0.15, 0.2) is 55.4 Å². The first-order valence-corrected chi connectivity index (χ1v) is 10.3. The van der Waals surface area contributed by atoms with E-state index in [2.05, 4.69) is 53.1 Å². The summed E-state index contributed by atoms with van der Waals surface area (Å²) < 4.78 is 7.52. The maximum atomic E-state index is 13.0. The van der Waals surface area contributed by atoms with E-state index < -0.39 is 11.8 Å². The molecule has 27 heavy (non-hydrogen) atoms. The smallest absolute Gasteiger partial charge is 0.270 e. The Labute approximate surface area is 186 Å². The highest BCUT2D eigenvalue weighted by Gasteiger charge is 2.34. The maximum absolute atomic E-state index is 13.0. The lowest BCUT2D eigenvalue weighted by Crippen LogP contribution is -2.54. The zero-order chi connectivity index (χ0) is 19.7. The lowest BCUT2D eigenvalue weighted by molar-refractivity contribution is -0.122. The first-order chi connectivity index (χ1) is 12.8. The zero-order valence-corrected chi connectivity index (χ0v) is 19.3. The van der Waals surface area contributed by atoms with Gasteiger partial charge in [-0.1, -0.05) is 15.9 Å². The highest BCUT2D eigenvalue weighted by atomic mass is 79.9. The molecule has 0 spiro atoms. The lowest BCUT2D eigenvalue weighted by Gasteiger charge is -2.29. The Bertz CT molecular complexity index is 967. The number of ether oxygens (including phenoxy) is 1. The van der Waals surface area contributed by atoms with Crippen LogP contribution in [0.2, 0.25) is 0 Å². The highest BCUT2D eigenvalue weighted by Crippen LogP contribution is 2.35. The van der Waals surface area contributed by atoms with Gasteiger partial charge in [-0.3, -0.25) is 19.8 Å². The monoisotopic (exact) mass is 572 g/mol. The minimum Gasteiger partial charge on any atom is -0.494 e. The summed E-state index contributed by atoms with van der Waals surface area (Å²) in [6.07, 6.45) is 1.51. The number of rotatable bonds is 3. The Morgan fingerprint density at radius 1 is 1.07 bits per heavy atom. The zero-order valence-electron chi connectivity index (χ0n) is 13.8. The van der Waals surface area contributed by atoms with Gasteiger partial charge >= 0.3 is 0 Å². The molecular formula is C18H11Br3N2O3S. The average molecular weight is 575 g/mol. The molecule has 0 aromatic heterocycles. The molecule has 0 radical (unpaired) electrons. The van der Waals surface area contributed by atoms with Crippen molar-refractivity contribution in [2.75, 3.05) is 12.0 Å². The first kappa shape index (κ1) is 20.2. The van der Waals surface area contributed by atoms with Gasteiger partial charge in [-0.05, 0) is 92.1 Å². The number of halogens is 3. The van der Waals surface area contributed by atoms with Gasteiger partial charge in [-0.15, -0.1) is 0 Å². The van der Waals surface area contributed by atoms with Gasteiger partial charge in [-0.25, -0.2) is 0 Å². The first-order valence-electron chi connectivity index (χ1n) is 7.52. The molecule has 0 atom stereocenters. The number of carbonyl (C=O) groups excluding carboxylic acids is 2. The maximum Gasteiger partial charge on any atom is 0.270 e. The topological polar surface area (TPSA) is 58.6 Å². The number of amides is 2. The predicted molar refractivity (Wildman–Crippen MR) is 119 cm³/mol. The standard InChI is InChI=1S/C18H11Br3N2O3S/c1-26-15-13(20)7-9(8-14(15)21)6-12-16(24)22-18(27)23(17(12)25)11-4-2-10(19)3-5-11/h2-8H,1H3,(H,22,24,27)/b12-6+. The van der Waals surface area contributed by atoms with E-state index in [9.17, 15) is 9.59 Å². The largest absolute Gasteiger partial charge is 0.494 e. The second-order valence-electron chi connectivity index (χ2n) is 5.45. The summed E-state index contributed by atoms with van der Waals surface area (Å²) in [5.74, 6) is -0.412. The van der Waals surface area contributed by atoms with Crippen molar-refractivity contribution in [3.8, 4) is 5.75 Å². The van der Waals surface area contributed by atoms with Crippen molar-refractivity contribution in [3.05, 3.63) is 61.0 Å². The minimum atomic E-state index is -0.540. The molecule has 2 aromatic rings. The van der Waals surface area contributed by atoms with Crippen LogP contribution in [0.1, 0.15) is 5.56 Å². The highest BCUT2D eigenvalue weighted by molar-refractivity contribution is 9.11. The number of carbonyl (C=O) groups is 2. The van der Waals surface area contributed by atoms with E-state index in [1.54, 1.807) is 43.5 Å². The van der Waals surface area contributed by atoms with E-state index in [1.165, 1.54) is 11.0 Å². The van der Waals surface area contributed by atoms with E-state index in [-0.39, 0.29) is 10.7 Å². The number of thiocarbonyl (C=S) groups is 1. The summed E-state index contributed by atoms with van der Waals surface area (Å²) in [5.41, 5.74) is 1.20. The molecule has 1 fully saturated rings. The Morgan fingerprint density at radius 2 is 1.67 bits per heavy atom. The van der Waals surface area contributed by atoms with E-state index in [0.29, 0.717) is 25.9 Å². The molecule has 0 unspecified atom stereocenters. The van der Waals surface area contributed by atoms with Gasteiger partial charge in [-0.2, -0.15) is 0 Å². The summed E-state index contributed by atoms with van der Waals surface area (Å²) in [5, 5.41) is 2.61. The summed E-state index contributed by atoms with van der Waals surface area (Å²) in [4.78, 5) is 26.6. The van der Waals surface area contributed by atoms with Crippen molar-refractivity contribution in [2.45, 2.75) is 0 Å². The van der Waals surface area contributed by atoms with Crippen molar-refractivity contribution in [3.63, 3.8) is 0 Å². The fraction of sp³-hybridized carbons (Fsp3) is 0.0556. The molecule has 1 N–H and O–H groups in total. The quantitative estimate of drug-likeness (QED) is 0.325. The molecule has 2 aromatic carbocycles. The minimum absolute atomic E-state index is 0.0181. The van der Waals surface area contributed by atoms with Crippen LogP contribution in [0.25, 0.3) is 6.08 Å². The number of nitrogens with zero attached hydrogens (tertiary/aromatic N) is 1. The van der Waals surface area contributed by atoms with Crippen molar-refractivity contribution in [1.29, 1.82) is 0 Å². The molecule has 1 saturated heterocycles. The summed E-state index contributed by atoms with van der Waals surface area (Å²) in [6.45, 7) is 0. The van der Waals surface area contributed by atoms with Crippen molar-refractivity contribution >= 4 is 88.7 Å². The molecule has 9 heteroatoms. The molecule has 0 bridgehead atoms. The van der Waals surface area contributed by atoms with Crippen LogP contribution >= 0.6 is 60.0 Å². The fourth-order valence-electron chi connectivity index (χ4n) is 2.51. The number of hydrogen-bond acceptors (Lipinski definition) is 4. The third-order valence-corrected chi connectivity index (χ3v) is 5.71. The van der Waals surface area contributed by atoms with Crippen molar-refractivity contribution in [2.24, 2.45) is 0 Å². The second kappa shape index (κ2) is 8.22. The van der Waals surface area contributed by atoms with E-state index in [4.69, 9.17) is 17.0 Å². The fourth-order valence-corrected chi connectivity index (χ4v) is 4.60. The number of nitrogens with one attached hydrogen (secondary N) is 1. The van der Waals surface area contributed by atoms with Gasteiger partial charge in [0.05, 0.1) is 21.7 Å². The Balaban J connectivity index is 2.03. The van der Waals surface area contributed by atoms with Crippen molar-refractivity contribution in [1.82, 2.24) is 5.32 Å². The molecule has 1 aliphatic rings. The summed E-state index contributed by atoms with van der Waals surface area (Å²) in [7, 11) is 1.55. The number of hydrogen-bond donors (Lipinski definition) is 1. The van der Waals surface area contributed by atoms with Crippen LogP contribution in [0.5, 0.6) is 5.75 Å². The van der Waals surface area contributed by atoms with Gasteiger partial charge in [0.25, 0.3) is 11.8 Å². The van der Waals surface area contributed by atoms with Gasteiger partial charge in [0.15, 0.2) is 5.11 Å². The van der Waals surface area contributed by atoms with Crippen LogP contribution in [0, 0.1) is 0 Å². The number of anilines is 1. The van der Waals surface area contributed by atoms with Crippen molar-refractivity contribution < 1.29 is 14.3 Å². The van der Waals surface area contributed by atoms with Crippen LogP contribution < -0.4 is 15.0 Å². The number of methoxy groups -OCH3 is 1. The molecule has 1 aliphatic heterocycles. The molecular weight excluding hydrogens is 564 g/mol. The molecule has 1 heterocycles. The summed E-state index contributed by atoms with van der Waals surface area (Å²) >= 11 is 15.4. The number of benzene rings is 2. The van der Waals surface area contributed by atoms with Gasteiger partial charge in [0, 0.05) is 4.47 Å². The van der Waals surface area contributed by atoms with Crippen LogP contribution in [-0.4, -0.2) is 24.0 Å². The lowest BCUT2D eigenvalue weighted by atomic mass is 10.1. The molecule has 0 saturated carbocycles. The Morgan fingerprint density at radius 3 is 2.22 bits per heavy atom. The van der Waals surface area contributed by atoms with Crippen LogP contribution in [0.4, 0.5) is 5.69 Å². The SMILES string of the molecule is COc1c(Br)cc(/C=C2\C(=O)NC(=S)N(c3ccc(Br)cc3)C2=O)cc1Br. The van der Waals surface area contributed by atoms with Gasteiger partial charge < -0.3 is 4.74 Å². The van der Waals surface area contributed by atoms with E-state index in [0.717, 1.165) is 4.47 Å². The normalized spacial score (nSPS) is 15.9. The molecule has 2 amide bonds. The second-order valence-corrected chi connectivity index (χ2v) is 8.46. The average Bonchev–Trinajstić information content (AvgIpc) is 2.60. The van der Waals surface area contributed by atoms with Gasteiger partial charge in [0.2, 0.25) is 0 Å². The predicted octanol–water partition coefficient (Wildman–Crippen LogP) is 4.81. The van der Waals surface area contributed by atoms with Gasteiger partial charge in [0.1, 0.15) is 11.3 Å². The van der Waals surface area contributed by atoms with Crippen LogP contribution in [-0.2, 0) is 9.59 Å². The third kappa shape index (κ3) is 4.16. The molecule has 3 rings (SSSR count). The third-order valence-electron chi connectivity index (χ3n) is 3.72. The van der Waals surface area contributed by atoms with Crippen LogP contribution in [0.3, 0.4) is 0 Å². The van der Waals surface area contributed by atoms with E-state index >= 15 is 0 Å². The summed E-state index contributed by atoms with van der Waals surface area (Å²) in [6, 6.07) is 10.6.